The molecule has 0 aliphatic carbocycles. The molecule has 1 saturated heterocycles. The third kappa shape index (κ3) is 2.70. The van der Waals surface area contributed by atoms with Gasteiger partial charge < -0.3 is 14.6 Å². The molecule has 2 aliphatic rings. The van der Waals surface area contributed by atoms with Crippen LogP contribution in [-0.4, -0.2) is 40.2 Å². The van der Waals surface area contributed by atoms with E-state index in [-0.39, 0.29) is 5.75 Å². The van der Waals surface area contributed by atoms with Crippen LogP contribution in [0, 0.1) is 6.92 Å². The topological polar surface area (TPSA) is 67.7 Å². The first-order valence-corrected chi connectivity index (χ1v) is 8.62. The van der Waals surface area contributed by atoms with Gasteiger partial charge in [0, 0.05) is 36.8 Å². The van der Waals surface area contributed by atoms with Crippen molar-refractivity contribution in [2.45, 2.75) is 44.8 Å². The summed E-state index contributed by atoms with van der Waals surface area (Å²) in [6.07, 6.45) is 5.28. The van der Waals surface area contributed by atoms with Crippen LogP contribution in [-0.2, 0) is 13.0 Å². The van der Waals surface area contributed by atoms with Crippen LogP contribution in [0.2, 0.25) is 0 Å². The van der Waals surface area contributed by atoms with Crippen LogP contribution in [0.4, 0.5) is 0 Å². The fourth-order valence-electron chi connectivity index (χ4n) is 4.17. The largest absolute Gasteiger partial charge is 0.502 e. The number of benzene rings is 1. The van der Waals surface area contributed by atoms with Gasteiger partial charge in [-0.05, 0) is 37.5 Å². The molecule has 1 N–H and O–H groups in total. The van der Waals surface area contributed by atoms with E-state index in [0.29, 0.717) is 23.6 Å². The molecule has 0 saturated carbocycles. The Morgan fingerprint density at radius 2 is 1.92 bits per heavy atom. The summed E-state index contributed by atoms with van der Waals surface area (Å²) >= 11 is 0. The maximum absolute atomic E-state index is 10.1. The SMILES string of the molecule is COc1cc(CN2[C@H]3CC[C@H]2c2cnc(C)nc2C3)cc(OC)c1O. The van der Waals surface area contributed by atoms with Gasteiger partial charge in [-0.25, -0.2) is 9.97 Å². The fourth-order valence-corrected chi connectivity index (χ4v) is 4.17. The van der Waals surface area contributed by atoms with Crippen LogP contribution in [0.1, 0.15) is 41.5 Å². The van der Waals surface area contributed by atoms with Crippen molar-refractivity contribution in [2.75, 3.05) is 14.2 Å². The van der Waals surface area contributed by atoms with E-state index in [1.807, 2.05) is 25.3 Å². The zero-order valence-corrected chi connectivity index (χ0v) is 14.8. The molecule has 3 heterocycles. The van der Waals surface area contributed by atoms with Crippen LogP contribution < -0.4 is 9.47 Å². The van der Waals surface area contributed by atoms with E-state index in [2.05, 4.69) is 14.9 Å². The molecule has 2 aliphatic heterocycles. The molecule has 0 amide bonds. The molecule has 1 aromatic heterocycles. The lowest BCUT2D eigenvalue weighted by Crippen LogP contribution is -2.37. The summed E-state index contributed by atoms with van der Waals surface area (Å²) in [5, 5.41) is 10.1. The number of fused-ring (bicyclic) bond motifs is 4. The summed E-state index contributed by atoms with van der Waals surface area (Å²) in [4.78, 5) is 11.6. The molecule has 0 unspecified atom stereocenters. The molecule has 6 nitrogen and oxygen atoms in total. The Morgan fingerprint density at radius 3 is 2.60 bits per heavy atom. The number of ether oxygens (including phenoxy) is 2. The summed E-state index contributed by atoms with van der Waals surface area (Å²) in [5.41, 5.74) is 3.54. The summed E-state index contributed by atoms with van der Waals surface area (Å²) in [6, 6.07) is 4.63. The minimum Gasteiger partial charge on any atom is -0.502 e. The number of aryl methyl sites for hydroxylation is 1. The van der Waals surface area contributed by atoms with E-state index in [1.165, 1.54) is 17.7 Å². The van der Waals surface area contributed by atoms with Crippen molar-refractivity contribution in [1.29, 1.82) is 0 Å². The predicted molar refractivity (Wildman–Crippen MR) is 93.0 cm³/mol. The van der Waals surface area contributed by atoms with E-state index in [1.54, 1.807) is 14.2 Å². The Kier molecular flexibility index (Phi) is 4.00. The minimum absolute atomic E-state index is 0.0459. The highest BCUT2D eigenvalue weighted by Crippen LogP contribution is 2.45. The van der Waals surface area contributed by atoms with Crippen molar-refractivity contribution < 1.29 is 14.6 Å². The number of aromatic nitrogens is 2. The number of aromatic hydroxyl groups is 1. The van der Waals surface area contributed by atoms with Crippen molar-refractivity contribution in [3.8, 4) is 17.2 Å². The fraction of sp³-hybridized carbons (Fsp3) is 0.474. The van der Waals surface area contributed by atoms with Crippen LogP contribution in [0.3, 0.4) is 0 Å². The van der Waals surface area contributed by atoms with Gasteiger partial charge in [0.2, 0.25) is 5.75 Å². The molecule has 2 aromatic rings. The Hall–Kier alpha value is -2.34. The Morgan fingerprint density at radius 1 is 1.20 bits per heavy atom. The van der Waals surface area contributed by atoms with Gasteiger partial charge in [-0.3, -0.25) is 4.90 Å². The number of phenolic OH excluding ortho intramolecular Hbond substituents is 1. The summed E-state index contributed by atoms with van der Waals surface area (Å²) in [7, 11) is 3.11. The average molecular weight is 341 g/mol. The Bertz CT molecular complexity index is 783. The lowest BCUT2D eigenvalue weighted by Gasteiger charge is -2.35. The zero-order valence-electron chi connectivity index (χ0n) is 14.8. The van der Waals surface area contributed by atoms with Gasteiger partial charge in [-0.15, -0.1) is 0 Å². The third-order valence-corrected chi connectivity index (χ3v) is 5.36. The number of hydrogen-bond acceptors (Lipinski definition) is 6. The Labute approximate surface area is 147 Å². The van der Waals surface area contributed by atoms with E-state index < -0.39 is 0 Å². The molecule has 0 spiro atoms. The van der Waals surface area contributed by atoms with Crippen molar-refractivity contribution in [2.24, 2.45) is 0 Å². The molecule has 25 heavy (non-hydrogen) atoms. The van der Waals surface area contributed by atoms with E-state index in [9.17, 15) is 5.11 Å². The summed E-state index contributed by atoms with van der Waals surface area (Å²) < 4.78 is 10.6. The molecular formula is C19H23N3O3. The van der Waals surface area contributed by atoms with Crippen molar-refractivity contribution in [3.63, 3.8) is 0 Å². The number of phenols is 1. The van der Waals surface area contributed by atoms with E-state index in [4.69, 9.17) is 9.47 Å². The first kappa shape index (κ1) is 16.1. The molecule has 132 valence electrons. The molecule has 6 heteroatoms. The van der Waals surface area contributed by atoms with Crippen molar-refractivity contribution >= 4 is 0 Å². The van der Waals surface area contributed by atoms with Gasteiger partial charge in [0.15, 0.2) is 11.5 Å². The highest BCUT2D eigenvalue weighted by atomic mass is 16.5. The highest BCUT2D eigenvalue weighted by Gasteiger charge is 2.40. The van der Waals surface area contributed by atoms with Crippen LogP contribution in [0.25, 0.3) is 0 Å². The zero-order chi connectivity index (χ0) is 17.6. The molecule has 1 aromatic carbocycles. The molecule has 4 rings (SSSR count). The quantitative estimate of drug-likeness (QED) is 0.922. The van der Waals surface area contributed by atoms with Gasteiger partial charge in [0.25, 0.3) is 0 Å². The number of rotatable bonds is 4. The molecule has 0 radical (unpaired) electrons. The van der Waals surface area contributed by atoms with Crippen LogP contribution in [0.5, 0.6) is 17.2 Å². The second-order valence-electron chi connectivity index (χ2n) is 6.79. The lowest BCUT2D eigenvalue weighted by molar-refractivity contribution is 0.165. The molecule has 2 bridgehead atoms. The molecular weight excluding hydrogens is 318 g/mol. The van der Waals surface area contributed by atoms with Gasteiger partial charge in [0.05, 0.1) is 19.9 Å². The lowest BCUT2D eigenvalue weighted by atomic mass is 9.98. The van der Waals surface area contributed by atoms with Gasteiger partial charge >= 0.3 is 0 Å². The number of nitrogens with zero attached hydrogens (tertiary/aromatic N) is 3. The van der Waals surface area contributed by atoms with Gasteiger partial charge in [0.1, 0.15) is 5.82 Å². The van der Waals surface area contributed by atoms with Crippen molar-refractivity contribution in [3.05, 3.63) is 41.0 Å². The highest BCUT2D eigenvalue weighted by molar-refractivity contribution is 5.52. The molecule has 2 atom stereocenters. The third-order valence-electron chi connectivity index (χ3n) is 5.36. The van der Waals surface area contributed by atoms with E-state index >= 15 is 0 Å². The minimum atomic E-state index is 0.0459. The first-order chi connectivity index (χ1) is 12.1. The van der Waals surface area contributed by atoms with Crippen LogP contribution in [0.15, 0.2) is 18.3 Å². The Balaban J connectivity index is 1.65. The summed E-state index contributed by atoms with van der Waals surface area (Å²) in [6.45, 7) is 2.74. The maximum atomic E-state index is 10.1. The number of methoxy groups -OCH3 is 2. The number of hydrogen-bond donors (Lipinski definition) is 1. The van der Waals surface area contributed by atoms with E-state index in [0.717, 1.165) is 30.8 Å². The van der Waals surface area contributed by atoms with Crippen LogP contribution >= 0.6 is 0 Å². The predicted octanol–water partition coefficient (Wildman–Crippen LogP) is 2.77. The molecule has 1 fully saturated rings. The summed E-state index contributed by atoms with van der Waals surface area (Å²) in [5.74, 6) is 1.78. The normalized spacial score (nSPS) is 21.9. The van der Waals surface area contributed by atoms with Gasteiger partial charge in [-0.1, -0.05) is 0 Å². The van der Waals surface area contributed by atoms with Crippen molar-refractivity contribution in [1.82, 2.24) is 14.9 Å². The first-order valence-electron chi connectivity index (χ1n) is 8.62. The second-order valence-corrected chi connectivity index (χ2v) is 6.79. The standard InChI is InChI=1S/C19H23N3O3/c1-11-20-9-14-15(21-11)8-13-4-5-16(14)22(13)10-12-6-17(24-2)19(23)18(7-12)25-3/h6-7,9,13,16,23H,4-5,8,10H2,1-3H3/t13-,16-/m0/s1. The monoisotopic (exact) mass is 341 g/mol. The second kappa shape index (κ2) is 6.19. The maximum Gasteiger partial charge on any atom is 0.200 e. The average Bonchev–Trinajstić information content (AvgIpc) is 2.88. The van der Waals surface area contributed by atoms with Gasteiger partial charge in [-0.2, -0.15) is 0 Å². The smallest absolute Gasteiger partial charge is 0.200 e.